The molecule has 0 bridgehead atoms. The molecule has 3 heteroatoms. The Bertz CT molecular complexity index is 82.8. The fraction of sp³-hybridized carbons (Fsp3) is 0.333. The summed E-state index contributed by atoms with van der Waals surface area (Å²) in [5.74, 6) is 1.48. The van der Waals surface area contributed by atoms with Crippen LogP contribution in [0.15, 0.2) is 5.03 Å². The van der Waals surface area contributed by atoms with Gasteiger partial charge in [0.2, 0.25) is 0 Å². The fourth-order valence-electron chi connectivity index (χ4n) is 0.0273. The van der Waals surface area contributed by atoms with Crippen molar-refractivity contribution in [1.29, 1.82) is 0 Å². The molecule has 0 saturated heterocycles. The first-order valence-electron chi connectivity index (χ1n) is 1.26. The van der Waals surface area contributed by atoms with Crippen LogP contribution in [0, 0.1) is 0 Å². The molecule has 0 aliphatic rings. The molecular formula is C3H2Cl2O. The fourth-order valence-corrected chi connectivity index (χ4v) is 0.0818. The molecule has 0 radical (unpaired) electrons. The smallest absolute Gasteiger partial charge is 0.141 e. The molecule has 0 aliphatic carbocycles. The van der Waals surface area contributed by atoms with E-state index in [1.165, 1.54) is 5.94 Å². The second-order valence-electron chi connectivity index (χ2n) is 0.641. The van der Waals surface area contributed by atoms with Crippen LogP contribution in [0.4, 0.5) is 0 Å². The number of halogens is 2. The Kier molecular flexibility index (Phi) is 3.24. The van der Waals surface area contributed by atoms with Crippen LogP contribution in [-0.2, 0) is 4.79 Å². The third-order valence-electron chi connectivity index (χ3n) is 0.228. The van der Waals surface area contributed by atoms with E-state index in [0.717, 1.165) is 0 Å². The lowest BCUT2D eigenvalue weighted by molar-refractivity contribution is 0.568. The Hall–Kier alpha value is 0.0300. The van der Waals surface area contributed by atoms with Crippen LogP contribution in [0.1, 0.15) is 0 Å². The van der Waals surface area contributed by atoms with Crippen LogP contribution in [-0.4, -0.2) is 11.8 Å². The van der Waals surface area contributed by atoms with Gasteiger partial charge in [-0.15, -0.1) is 11.6 Å². The van der Waals surface area contributed by atoms with E-state index in [1.54, 1.807) is 0 Å². The van der Waals surface area contributed by atoms with Gasteiger partial charge in [0.25, 0.3) is 0 Å². The summed E-state index contributed by atoms with van der Waals surface area (Å²) in [6.07, 6.45) is 0. The van der Waals surface area contributed by atoms with Crippen molar-refractivity contribution in [2.24, 2.45) is 0 Å². The molecular weight excluding hydrogens is 123 g/mol. The Balaban J connectivity index is 3.52. The van der Waals surface area contributed by atoms with Crippen LogP contribution in [0.2, 0.25) is 0 Å². The standard InChI is InChI=1S/C3H2Cl2O/c4-1-3(5)2-6/h1H2. The van der Waals surface area contributed by atoms with E-state index in [9.17, 15) is 4.79 Å². The number of rotatable bonds is 1. The first kappa shape index (κ1) is 6.03. The van der Waals surface area contributed by atoms with Crippen molar-refractivity contribution < 1.29 is 4.79 Å². The number of hydrogen-bond donors (Lipinski definition) is 0. The molecule has 0 aromatic carbocycles. The minimum Gasteiger partial charge on any atom is -0.232 e. The van der Waals surface area contributed by atoms with Gasteiger partial charge in [0.1, 0.15) is 11.0 Å². The lowest BCUT2D eigenvalue weighted by Crippen LogP contribution is -1.68. The van der Waals surface area contributed by atoms with Gasteiger partial charge in [-0.25, -0.2) is 4.79 Å². The molecule has 0 N–H and O–H groups in total. The lowest BCUT2D eigenvalue weighted by Gasteiger charge is -1.70. The van der Waals surface area contributed by atoms with Gasteiger partial charge >= 0.3 is 0 Å². The van der Waals surface area contributed by atoms with Crippen LogP contribution in [0.25, 0.3) is 0 Å². The zero-order valence-corrected chi connectivity index (χ0v) is 4.38. The highest BCUT2D eigenvalue weighted by molar-refractivity contribution is 6.38. The number of alkyl halides is 1. The molecule has 0 aromatic rings. The zero-order valence-electron chi connectivity index (χ0n) is 2.87. The van der Waals surface area contributed by atoms with E-state index < -0.39 is 0 Å². The van der Waals surface area contributed by atoms with Gasteiger partial charge in [-0.05, 0) is 0 Å². The minimum absolute atomic E-state index is 0.0247. The van der Waals surface area contributed by atoms with Crippen molar-refractivity contribution in [3.63, 3.8) is 0 Å². The van der Waals surface area contributed by atoms with Gasteiger partial charge < -0.3 is 0 Å². The Labute approximate surface area is 45.5 Å². The van der Waals surface area contributed by atoms with Gasteiger partial charge in [0, 0.05) is 0 Å². The molecule has 0 aliphatic heterocycles. The topological polar surface area (TPSA) is 17.1 Å². The van der Waals surface area contributed by atoms with Crippen LogP contribution >= 0.6 is 23.2 Å². The highest BCUT2D eigenvalue weighted by Gasteiger charge is 1.81. The highest BCUT2D eigenvalue weighted by Crippen LogP contribution is 1.95. The SMILES string of the molecule is O=C=C(Cl)CCl. The number of carbonyl (C=O) groups excluding carboxylic acids is 1. The lowest BCUT2D eigenvalue weighted by atomic mass is 10.7. The van der Waals surface area contributed by atoms with E-state index in [1.807, 2.05) is 0 Å². The zero-order chi connectivity index (χ0) is 4.99. The summed E-state index contributed by atoms with van der Waals surface area (Å²) in [5.41, 5.74) is 0. The quantitative estimate of drug-likeness (QED) is 0.379. The maximum atomic E-state index is 9.36. The van der Waals surface area contributed by atoms with Gasteiger partial charge in [0.05, 0.1) is 5.88 Å². The van der Waals surface area contributed by atoms with E-state index in [4.69, 9.17) is 23.2 Å². The molecule has 0 unspecified atom stereocenters. The van der Waals surface area contributed by atoms with Gasteiger partial charge in [-0.2, -0.15) is 0 Å². The first-order chi connectivity index (χ1) is 2.81. The molecule has 0 rings (SSSR count). The first-order valence-corrected chi connectivity index (χ1v) is 2.18. The Morgan fingerprint density at radius 3 is 2.33 bits per heavy atom. The molecule has 0 fully saturated rings. The van der Waals surface area contributed by atoms with E-state index in [2.05, 4.69) is 0 Å². The van der Waals surface area contributed by atoms with E-state index in [0.29, 0.717) is 0 Å². The van der Waals surface area contributed by atoms with Crippen molar-refractivity contribution in [3.8, 4) is 0 Å². The van der Waals surface area contributed by atoms with Crippen LogP contribution in [0.3, 0.4) is 0 Å². The van der Waals surface area contributed by atoms with Crippen molar-refractivity contribution in [2.45, 2.75) is 0 Å². The maximum absolute atomic E-state index is 9.36. The summed E-state index contributed by atoms with van der Waals surface area (Å²) in [6, 6.07) is 0. The van der Waals surface area contributed by atoms with Crippen molar-refractivity contribution in [3.05, 3.63) is 5.03 Å². The maximum Gasteiger partial charge on any atom is 0.141 e. The second kappa shape index (κ2) is 3.23. The van der Waals surface area contributed by atoms with E-state index >= 15 is 0 Å². The predicted molar refractivity (Wildman–Crippen MR) is 25.8 cm³/mol. The minimum atomic E-state index is 0.0247. The summed E-state index contributed by atoms with van der Waals surface area (Å²) in [5, 5.41) is 0.0247. The Morgan fingerprint density at radius 2 is 2.33 bits per heavy atom. The molecule has 0 amide bonds. The summed E-state index contributed by atoms with van der Waals surface area (Å²) in [4.78, 5) is 9.36. The normalized spacial score (nSPS) is 7.00. The molecule has 1 nitrogen and oxygen atoms in total. The van der Waals surface area contributed by atoms with Gasteiger partial charge in [-0.1, -0.05) is 11.6 Å². The number of allylic oxidation sites excluding steroid dienone is 1. The largest absolute Gasteiger partial charge is 0.232 e. The average Bonchev–Trinajstić information content (AvgIpc) is 1.65. The van der Waals surface area contributed by atoms with Crippen molar-refractivity contribution in [1.82, 2.24) is 0 Å². The molecule has 0 saturated carbocycles. The van der Waals surface area contributed by atoms with E-state index in [-0.39, 0.29) is 10.9 Å². The summed E-state index contributed by atoms with van der Waals surface area (Å²) in [7, 11) is 0. The summed E-state index contributed by atoms with van der Waals surface area (Å²) >= 11 is 10.0. The highest BCUT2D eigenvalue weighted by atomic mass is 35.5. The van der Waals surface area contributed by atoms with Crippen molar-refractivity contribution >= 4 is 29.1 Å². The third-order valence-corrected chi connectivity index (χ3v) is 0.843. The van der Waals surface area contributed by atoms with Gasteiger partial charge in [0.15, 0.2) is 0 Å². The summed E-state index contributed by atoms with van der Waals surface area (Å²) in [6.45, 7) is 0. The van der Waals surface area contributed by atoms with Crippen LogP contribution < -0.4 is 0 Å². The van der Waals surface area contributed by atoms with Gasteiger partial charge in [-0.3, -0.25) is 0 Å². The molecule has 6 heavy (non-hydrogen) atoms. The van der Waals surface area contributed by atoms with Crippen molar-refractivity contribution in [2.75, 3.05) is 5.88 Å². The third kappa shape index (κ3) is 2.28. The molecule has 0 spiro atoms. The average molecular weight is 125 g/mol. The number of hydrogen-bond acceptors (Lipinski definition) is 1. The molecule has 0 heterocycles. The Morgan fingerprint density at radius 1 is 1.83 bits per heavy atom. The van der Waals surface area contributed by atoms with Crippen LogP contribution in [0.5, 0.6) is 0 Å². The molecule has 0 aromatic heterocycles. The predicted octanol–water partition coefficient (Wildman–Crippen LogP) is 1.18. The molecule has 34 valence electrons. The summed E-state index contributed by atoms with van der Waals surface area (Å²) < 4.78 is 0. The second-order valence-corrected chi connectivity index (χ2v) is 1.36. The monoisotopic (exact) mass is 124 g/mol. The molecule has 0 atom stereocenters.